The minimum Gasteiger partial charge on any atom is -0.484 e. The summed E-state index contributed by atoms with van der Waals surface area (Å²) in [5.74, 6) is 2.60. The summed E-state index contributed by atoms with van der Waals surface area (Å²) in [4.78, 5) is 35.3. The average molecular weight is 459 g/mol. The Morgan fingerprint density at radius 3 is 2.76 bits per heavy atom. The van der Waals surface area contributed by atoms with Gasteiger partial charge in [-0.3, -0.25) is 0 Å². The predicted octanol–water partition coefficient (Wildman–Crippen LogP) is 2.81. The van der Waals surface area contributed by atoms with E-state index in [0.717, 1.165) is 61.7 Å². The Morgan fingerprint density at radius 1 is 1.15 bits per heavy atom. The zero-order chi connectivity index (χ0) is 23.3. The maximum Gasteiger partial charge on any atom is 0.340 e. The van der Waals surface area contributed by atoms with Crippen LogP contribution in [0.5, 0.6) is 0 Å². The molecule has 1 fully saturated rings. The van der Waals surface area contributed by atoms with Gasteiger partial charge in [0, 0.05) is 69.5 Å². The van der Waals surface area contributed by atoms with Crippen LogP contribution in [0.2, 0.25) is 0 Å². The highest BCUT2D eigenvalue weighted by Crippen LogP contribution is 2.44. The minimum atomic E-state index is -0.527. The Hall–Kier alpha value is -3.75. The number of hydrogen-bond donors (Lipinski definition) is 0. The number of nitrogens with zero attached hydrogens (tertiary/aromatic N) is 6. The number of methoxy groups -OCH3 is 1. The zero-order valence-electron chi connectivity index (χ0n) is 19.3. The van der Waals surface area contributed by atoms with E-state index in [1.165, 1.54) is 0 Å². The maximum atomic E-state index is 12.5. The molecule has 0 atom stereocenters. The van der Waals surface area contributed by atoms with E-state index in [0.29, 0.717) is 29.5 Å². The standard InChI is InChI=1S/C25H26N6O3/c1-30-11-3-4-18-22(30)25(34-24(18)32)9-12-31(13-10-25)20-7-5-16(15-26-20)23-27-17-6-8-21(33-2)28-19(14-17)29-23/h3-5,7,14-15H,6,8-13H2,1-2H3. The Bertz CT molecular complexity index is 1240. The van der Waals surface area contributed by atoms with Crippen molar-refractivity contribution >= 4 is 23.5 Å². The molecule has 4 aliphatic rings. The Kier molecular flexibility index (Phi) is 4.86. The van der Waals surface area contributed by atoms with Crippen molar-refractivity contribution < 1.29 is 14.3 Å². The van der Waals surface area contributed by atoms with E-state index >= 15 is 0 Å². The fourth-order valence-electron chi connectivity index (χ4n) is 5.25. The summed E-state index contributed by atoms with van der Waals surface area (Å²) in [7, 11) is 3.66. The number of carbonyl (C=O) groups is 1. The van der Waals surface area contributed by atoms with Gasteiger partial charge >= 0.3 is 5.97 Å². The van der Waals surface area contributed by atoms with Gasteiger partial charge in [-0.05, 0) is 24.6 Å². The van der Waals surface area contributed by atoms with Gasteiger partial charge in [-0.2, -0.15) is 4.99 Å². The van der Waals surface area contributed by atoms with Gasteiger partial charge in [0.15, 0.2) is 23.1 Å². The molecule has 9 nitrogen and oxygen atoms in total. The summed E-state index contributed by atoms with van der Waals surface area (Å²) in [6.07, 6.45) is 8.70. The maximum absolute atomic E-state index is 12.5. The molecule has 1 saturated heterocycles. The number of aryl methyl sites for hydroxylation is 1. The highest BCUT2D eigenvalue weighted by Gasteiger charge is 2.50. The Labute approximate surface area is 197 Å². The molecule has 0 aliphatic carbocycles. The van der Waals surface area contributed by atoms with Gasteiger partial charge in [0.1, 0.15) is 5.82 Å². The lowest BCUT2D eigenvalue weighted by Gasteiger charge is -2.42. The van der Waals surface area contributed by atoms with E-state index in [4.69, 9.17) is 14.5 Å². The third kappa shape index (κ3) is 3.43. The highest BCUT2D eigenvalue weighted by molar-refractivity contribution is 5.96. The number of piperidine rings is 1. The molecular weight excluding hydrogens is 432 g/mol. The quantitative estimate of drug-likeness (QED) is 0.635. The molecule has 1 spiro atoms. The molecule has 6 rings (SSSR count). The zero-order valence-corrected chi connectivity index (χ0v) is 19.3. The summed E-state index contributed by atoms with van der Waals surface area (Å²) in [5.41, 5.74) is 3.01. The molecule has 34 heavy (non-hydrogen) atoms. The smallest absolute Gasteiger partial charge is 0.340 e. The van der Waals surface area contributed by atoms with Crippen molar-refractivity contribution in [3.05, 3.63) is 53.5 Å². The fourth-order valence-corrected chi connectivity index (χ4v) is 5.25. The van der Waals surface area contributed by atoms with Crippen molar-refractivity contribution in [1.29, 1.82) is 0 Å². The number of pyridine rings is 1. The molecule has 2 aromatic heterocycles. The predicted molar refractivity (Wildman–Crippen MR) is 127 cm³/mol. The number of carbonyl (C=O) groups excluding carboxylic acids is 1. The highest BCUT2D eigenvalue weighted by atomic mass is 16.6. The largest absolute Gasteiger partial charge is 0.484 e. The first-order valence-corrected chi connectivity index (χ1v) is 11.6. The lowest BCUT2D eigenvalue weighted by Crippen LogP contribution is -2.49. The first kappa shape index (κ1) is 20.8. The molecule has 0 unspecified atom stereocenters. The number of aromatic nitrogens is 3. The van der Waals surface area contributed by atoms with Crippen LogP contribution in [-0.2, 0) is 20.7 Å². The van der Waals surface area contributed by atoms with Crippen molar-refractivity contribution in [3.63, 3.8) is 0 Å². The molecule has 6 heterocycles. The van der Waals surface area contributed by atoms with Crippen LogP contribution in [0.3, 0.4) is 0 Å². The van der Waals surface area contributed by atoms with Crippen molar-refractivity contribution in [2.24, 2.45) is 4.99 Å². The van der Waals surface area contributed by atoms with Gasteiger partial charge in [0.25, 0.3) is 0 Å². The van der Waals surface area contributed by atoms with Crippen molar-refractivity contribution in [1.82, 2.24) is 19.9 Å². The van der Waals surface area contributed by atoms with Gasteiger partial charge in [0.2, 0.25) is 0 Å². The number of fused-ring (bicyclic) bond motifs is 3. The second-order valence-electron chi connectivity index (χ2n) is 9.07. The summed E-state index contributed by atoms with van der Waals surface area (Å²) < 4.78 is 11.3. The lowest BCUT2D eigenvalue weighted by molar-refractivity contribution is -0.148. The number of rotatable bonds is 2. The van der Waals surface area contributed by atoms with E-state index in [1.807, 2.05) is 43.6 Å². The third-order valence-corrected chi connectivity index (χ3v) is 6.98. The van der Waals surface area contributed by atoms with E-state index in [9.17, 15) is 4.79 Å². The second kappa shape index (κ2) is 7.93. The second-order valence-corrected chi connectivity index (χ2v) is 9.07. The lowest BCUT2D eigenvalue weighted by atomic mass is 9.85. The molecule has 174 valence electrons. The first-order valence-electron chi connectivity index (χ1n) is 11.6. The van der Waals surface area contributed by atoms with E-state index in [-0.39, 0.29) is 5.97 Å². The summed E-state index contributed by atoms with van der Waals surface area (Å²) >= 11 is 0. The summed E-state index contributed by atoms with van der Waals surface area (Å²) in [6.45, 7) is 2.32. The molecule has 9 heteroatoms. The number of ether oxygens (including phenoxy) is 2. The fraction of sp³-hybridized carbons (Fsp3) is 0.400. The normalized spacial score (nSPS) is 20.8. The summed E-state index contributed by atoms with van der Waals surface area (Å²) in [6, 6.07) is 5.91. The average Bonchev–Trinajstić information content (AvgIpc) is 3.04. The minimum absolute atomic E-state index is 0.207. The number of hydrogen-bond acceptors (Lipinski definition) is 9. The van der Waals surface area contributed by atoms with Crippen LogP contribution in [0.25, 0.3) is 11.4 Å². The number of anilines is 1. The monoisotopic (exact) mass is 458 g/mol. The topological polar surface area (TPSA) is 93.0 Å². The van der Waals surface area contributed by atoms with Crippen LogP contribution in [0.15, 0.2) is 52.8 Å². The Morgan fingerprint density at radius 2 is 2.00 bits per heavy atom. The van der Waals surface area contributed by atoms with E-state index in [1.54, 1.807) is 7.11 Å². The number of aliphatic imine (C=N–C) groups is 1. The number of esters is 1. The summed E-state index contributed by atoms with van der Waals surface area (Å²) in [5, 5.41) is 0. The molecule has 2 aromatic rings. The van der Waals surface area contributed by atoms with E-state index in [2.05, 4.69) is 24.8 Å². The molecule has 0 aromatic carbocycles. The molecular formula is C25H26N6O3. The Balaban J connectivity index is 1.19. The van der Waals surface area contributed by atoms with Gasteiger partial charge in [-0.25, -0.2) is 19.7 Å². The van der Waals surface area contributed by atoms with Gasteiger partial charge in [-0.1, -0.05) is 6.08 Å². The SMILES string of the molecule is COC1=Nc2cc(nc(-c3ccc(N4CCC5(CC4)OC(=O)C4=C5N(C)CC=C4)nc3)n2)CC1. The molecule has 2 bridgehead atoms. The molecule has 0 amide bonds. The van der Waals surface area contributed by atoms with Crippen LogP contribution in [0.4, 0.5) is 11.6 Å². The van der Waals surface area contributed by atoms with Crippen molar-refractivity contribution in [3.8, 4) is 11.4 Å². The molecule has 0 N–H and O–H groups in total. The molecule has 4 aliphatic heterocycles. The van der Waals surface area contributed by atoms with E-state index < -0.39 is 5.60 Å². The number of likely N-dealkylation sites (N-methyl/N-ethyl adjacent to an activating group) is 1. The van der Waals surface area contributed by atoms with Crippen molar-refractivity contribution in [2.45, 2.75) is 31.3 Å². The van der Waals surface area contributed by atoms with Gasteiger partial charge in [-0.15, -0.1) is 0 Å². The van der Waals surface area contributed by atoms with Crippen LogP contribution in [-0.4, -0.2) is 71.1 Å². The van der Waals surface area contributed by atoms with Crippen molar-refractivity contribution in [2.75, 3.05) is 38.7 Å². The van der Waals surface area contributed by atoms with Gasteiger partial charge < -0.3 is 19.3 Å². The van der Waals surface area contributed by atoms with Gasteiger partial charge in [0.05, 0.1) is 18.4 Å². The first-order chi connectivity index (χ1) is 16.5. The van der Waals surface area contributed by atoms with Crippen LogP contribution < -0.4 is 4.90 Å². The van der Waals surface area contributed by atoms with Crippen LogP contribution in [0.1, 0.15) is 25.0 Å². The van der Waals surface area contributed by atoms with Crippen LogP contribution in [0, 0.1) is 0 Å². The third-order valence-electron chi connectivity index (χ3n) is 6.98. The van der Waals surface area contributed by atoms with Crippen LogP contribution >= 0.6 is 0 Å². The molecule has 0 saturated carbocycles. The molecule has 0 radical (unpaired) electrons.